The van der Waals surface area contributed by atoms with Gasteiger partial charge in [-0.2, -0.15) is 5.10 Å². The molecule has 0 radical (unpaired) electrons. The van der Waals surface area contributed by atoms with Crippen LogP contribution in [0.1, 0.15) is 40.2 Å². The number of nitrogens with one attached hydrogen (secondary N) is 1. The van der Waals surface area contributed by atoms with Gasteiger partial charge in [0.25, 0.3) is 5.91 Å². The number of amides is 1. The number of likely N-dealkylation sites (tertiary alicyclic amines) is 1. The van der Waals surface area contributed by atoms with Gasteiger partial charge in [0, 0.05) is 26.2 Å². The molecule has 0 unspecified atom stereocenters. The average molecular weight is 365 g/mol. The van der Waals surface area contributed by atoms with Crippen molar-refractivity contribution < 1.29 is 9.53 Å². The number of ether oxygens (including phenoxy) is 1. The largest absolute Gasteiger partial charge is 0.372 e. The summed E-state index contributed by atoms with van der Waals surface area (Å²) in [7, 11) is 1.87. The number of hydrogen-bond acceptors (Lipinski definition) is 4. The summed E-state index contributed by atoms with van der Waals surface area (Å²) in [6, 6.07) is 13.6. The summed E-state index contributed by atoms with van der Waals surface area (Å²) in [5, 5.41) is 7.17. The maximum Gasteiger partial charge on any atom is 0.271 e. The van der Waals surface area contributed by atoms with Crippen LogP contribution in [0.4, 0.5) is 0 Å². The number of nitrogens with zero attached hydrogens (tertiary/aromatic N) is 4. The highest BCUT2D eigenvalue weighted by molar-refractivity contribution is 5.93. The van der Waals surface area contributed by atoms with Gasteiger partial charge in [0.05, 0.1) is 18.8 Å². The number of aromatic nitrogens is 4. The van der Waals surface area contributed by atoms with Crippen molar-refractivity contribution in [3.8, 4) is 0 Å². The molecule has 0 bridgehead atoms. The molecule has 1 fully saturated rings. The normalized spacial score (nSPS) is 19.6. The Morgan fingerprint density at radius 1 is 1.26 bits per heavy atom. The molecule has 7 heteroatoms. The molecule has 0 spiro atoms. The summed E-state index contributed by atoms with van der Waals surface area (Å²) < 4.78 is 7.94. The summed E-state index contributed by atoms with van der Waals surface area (Å²) in [5.74, 6) is 1.35. The van der Waals surface area contributed by atoms with Crippen LogP contribution in [0.2, 0.25) is 0 Å². The van der Waals surface area contributed by atoms with Crippen molar-refractivity contribution in [3.05, 3.63) is 71.6 Å². The quantitative estimate of drug-likeness (QED) is 0.754. The van der Waals surface area contributed by atoms with Gasteiger partial charge in [0.1, 0.15) is 11.5 Å². The molecule has 4 rings (SSSR count). The minimum absolute atomic E-state index is 0.0271. The second kappa shape index (κ2) is 7.36. The van der Waals surface area contributed by atoms with Crippen LogP contribution in [0, 0.1) is 6.92 Å². The lowest BCUT2D eigenvalue weighted by Crippen LogP contribution is -2.33. The number of aromatic amines is 1. The summed E-state index contributed by atoms with van der Waals surface area (Å²) in [6.45, 7) is 2.91. The van der Waals surface area contributed by atoms with Gasteiger partial charge in [-0.05, 0) is 24.6 Å². The Balaban J connectivity index is 1.53. The molecular formula is C20H23N5O2. The second-order valence-corrected chi connectivity index (χ2v) is 6.91. The van der Waals surface area contributed by atoms with E-state index in [0.717, 1.165) is 11.4 Å². The highest BCUT2D eigenvalue weighted by Crippen LogP contribution is 2.33. The molecule has 1 N–H and O–H groups in total. The van der Waals surface area contributed by atoms with E-state index in [-0.39, 0.29) is 18.1 Å². The SMILES string of the molecule is Cc1nc([C@@H]2C[C@H](OCc3ccccc3)CN2C(=O)c2cccn2C)n[nH]1. The number of carbonyl (C=O) groups is 1. The molecule has 1 aliphatic heterocycles. The number of rotatable bonds is 5. The zero-order valence-corrected chi connectivity index (χ0v) is 15.5. The fraction of sp³-hybridized carbons (Fsp3) is 0.350. The van der Waals surface area contributed by atoms with E-state index < -0.39 is 0 Å². The first-order chi connectivity index (χ1) is 13.1. The molecule has 3 aromatic rings. The lowest BCUT2D eigenvalue weighted by molar-refractivity contribution is 0.0435. The van der Waals surface area contributed by atoms with Gasteiger partial charge in [-0.15, -0.1) is 0 Å². The molecule has 0 saturated carbocycles. The van der Waals surface area contributed by atoms with Crippen LogP contribution in [-0.4, -0.2) is 43.2 Å². The van der Waals surface area contributed by atoms with Crippen LogP contribution in [0.3, 0.4) is 0 Å². The van der Waals surface area contributed by atoms with Crippen LogP contribution in [0.5, 0.6) is 0 Å². The van der Waals surface area contributed by atoms with Crippen LogP contribution < -0.4 is 0 Å². The van der Waals surface area contributed by atoms with Gasteiger partial charge in [0.15, 0.2) is 5.82 Å². The van der Waals surface area contributed by atoms with Gasteiger partial charge in [-0.25, -0.2) is 4.98 Å². The fourth-order valence-electron chi connectivity index (χ4n) is 3.52. The zero-order chi connectivity index (χ0) is 18.8. The fourth-order valence-corrected chi connectivity index (χ4v) is 3.52. The summed E-state index contributed by atoms with van der Waals surface area (Å²) in [4.78, 5) is 19.4. The summed E-state index contributed by atoms with van der Waals surface area (Å²) in [6.07, 6.45) is 2.50. The van der Waals surface area contributed by atoms with Crippen LogP contribution in [0.15, 0.2) is 48.7 Å². The smallest absolute Gasteiger partial charge is 0.271 e. The molecule has 2 aromatic heterocycles. The van der Waals surface area contributed by atoms with E-state index >= 15 is 0 Å². The minimum atomic E-state index is -0.196. The van der Waals surface area contributed by atoms with Crippen molar-refractivity contribution in [2.45, 2.75) is 32.1 Å². The van der Waals surface area contributed by atoms with Gasteiger partial charge in [-0.3, -0.25) is 9.89 Å². The van der Waals surface area contributed by atoms with Crippen molar-refractivity contribution >= 4 is 5.91 Å². The standard InChI is InChI=1S/C20H23N5O2/c1-14-21-19(23-22-14)18-11-16(27-13-15-7-4-3-5-8-15)12-25(18)20(26)17-9-6-10-24(17)2/h3-10,16,18H,11-13H2,1-2H3,(H,21,22,23)/t16-,18-/m0/s1. The third-order valence-electron chi connectivity index (χ3n) is 4.93. The maximum absolute atomic E-state index is 13.1. The van der Waals surface area contributed by atoms with Crippen molar-refractivity contribution in [1.82, 2.24) is 24.6 Å². The molecule has 1 saturated heterocycles. The average Bonchev–Trinajstić information content (AvgIpc) is 3.40. The first kappa shape index (κ1) is 17.5. The second-order valence-electron chi connectivity index (χ2n) is 6.91. The Hall–Kier alpha value is -2.93. The predicted molar refractivity (Wildman–Crippen MR) is 99.9 cm³/mol. The number of aryl methyl sites for hydroxylation is 2. The van der Waals surface area contributed by atoms with Gasteiger partial charge < -0.3 is 14.2 Å². The number of benzene rings is 1. The summed E-state index contributed by atoms with van der Waals surface area (Å²) >= 11 is 0. The molecule has 1 aromatic carbocycles. The van der Waals surface area contributed by atoms with Crippen molar-refractivity contribution in [1.29, 1.82) is 0 Å². The zero-order valence-electron chi connectivity index (χ0n) is 15.5. The number of hydrogen-bond donors (Lipinski definition) is 1. The topological polar surface area (TPSA) is 76.0 Å². The molecule has 3 heterocycles. The molecule has 1 aliphatic rings. The summed E-state index contributed by atoms with van der Waals surface area (Å²) in [5.41, 5.74) is 1.77. The highest BCUT2D eigenvalue weighted by atomic mass is 16.5. The number of carbonyl (C=O) groups excluding carboxylic acids is 1. The number of H-pyrrole nitrogens is 1. The molecule has 140 valence electrons. The Morgan fingerprint density at radius 2 is 2.07 bits per heavy atom. The molecule has 1 amide bonds. The third-order valence-corrected chi connectivity index (χ3v) is 4.93. The van der Waals surface area contributed by atoms with Crippen LogP contribution >= 0.6 is 0 Å². The van der Waals surface area contributed by atoms with E-state index in [1.54, 1.807) is 0 Å². The minimum Gasteiger partial charge on any atom is -0.372 e. The first-order valence-corrected chi connectivity index (χ1v) is 9.08. The Labute approximate surface area is 158 Å². The molecule has 0 aliphatic carbocycles. The monoisotopic (exact) mass is 365 g/mol. The van der Waals surface area contributed by atoms with Crippen LogP contribution in [-0.2, 0) is 18.4 Å². The Kier molecular flexibility index (Phi) is 4.77. The van der Waals surface area contributed by atoms with Gasteiger partial charge in [-0.1, -0.05) is 30.3 Å². The van der Waals surface area contributed by atoms with E-state index in [0.29, 0.717) is 31.1 Å². The van der Waals surface area contributed by atoms with E-state index in [1.165, 1.54) is 0 Å². The van der Waals surface area contributed by atoms with Crippen molar-refractivity contribution in [2.75, 3.05) is 6.54 Å². The van der Waals surface area contributed by atoms with E-state index in [4.69, 9.17) is 4.74 Å². The van der Waals surface area contributed by atoms with E-state index in [2.05, 4.69) is 15.2 Å². The third kappa shape index (κ3) is 3.64. The first-order valence-electron chi connectivity index (χ1n) is 9.08. The Bertz CT molecular complexity index is 917. The molecular weight excluding hydrogens is 342 g/mol. The van der Waals surface area contributed by atoms with Gasteiger partial charge in [0.2, 0.25) is 0 Å². The van der Waals surface area contributed by atoms with E-state index in [9.17, 15) is 4.79 Å². The molecule has 2 atom stereocenters. The highest BCUT2D eigenvalue weighted by Gasteiger charge is 2.39. The van der Waals surface area contributed by atoms with Crippen LogP contribution in [0.25, 0.3) is 0 Å². The van der Waals surface area contributed by atoms with Crippen molar-refractivity contribution in [2.24, 2.45) is 7.05 Å². The molecule has 7 nitrogen and oxygen atoms in total. The van der Waals surface area contributed by atoms with Crippen molar-refractivity contribution in [3.63, 3.8) is 0 Å². The lowest BCUT2D eigenvalue weighted by atomic mass is 10.2. The molecule has 27 heavy (non-hydrogen) atoms. The predicted octanol–water partition coefficient (Wildman–Crippen LogP) is 2.62. The van der Waals surface area contributed by atoms with Gasteiger partial charge >= 0.3 is 0 Å². The maximum atomic E-state index is 13.1. The van der Waals surface area contributed by atoms with E-state index in [1.807, 2.05) is 72.1 Å². The Morgan fingerprint density at radius 3 is 2.74 bits per heavy atom. The lowest BCUT2D eigenvalue weighted by Gasteiger charge is -2.22.